The van der Waals surface area contributed by atoms with Crippen molar-refractivity contribution in [3.8, 4) is 0 Å². The second kappa shape index (κ2) is 3.49. The number of halogens is 1. The van der Waals surface area contributed by atoms with Gasteiger partial charge in [0.15, 0.2) is 0 Å². The first-order valence-corrected chi connectivity index (χ1v) is 3.61. The summed E-state index contributed by atoms with van der Waals surface area (Å²) in [6.07, 6.45) is 3.14. The lowest BCUT2D eigenvalue weighted by molar-refractivity contribution is -0.00000276. The summed E-state index contributed by atoms with van der Waals surface area (Å²) in [5.41, 5.74) is 12.6. The Bertz CT molecular complexity index is 431. The molecule has 0 amide bonds. The SMILES string of the molecule is Nc1ccc2c(N)c[o+]cc2c1.[Cl-]. The van der Waals surface area contributed by atoms with E-state index >= 15 is 0 Å². The molecule has 2 rings (SSSR count). The fourth-order valence-electron chi connectivity index (χ4n) is 1.19. The molecule has 4 N–H and O–H groups in total. The number of rotatable bonds is 0. The Morgan fingerprint density at radius 2 is 1.85 bits per heavy atom. The average Bonchev–Trinajstić information content (AvgIpc) is 2.04. The Kier molecular flexibility index (Phi) is 2.58. The molecule has 0 radical (unpaired) electrons. The molecule has 1 aromatic heterocycles. The maximum absolute atomic E-state index is 5.67. The minimum Gasteiger partial charge on any atom is -1.00 e. The van der Waals surface area contributed by atoms with E-state index in [4.69, 9.17) is 15.9 Å². The molecule has 0 atom stereocenters. The Morgan fingerprint density at radius 1 is 1.08 bits per heavy atom. The fourth-order valence-corrected chi connectivity index (χ4v) is 1.19. The van der Waals surface area contributed by atoms with E-state index in [0.29, 0.717) is 11.4 Å². The Morgan fingerprint density at radius 3 is 2.62 bits per heavy atom. The van der Waals surface area contributed by atoms with Gasteiger partial charge in [0.05, 0.1) is 5.39 Å². The third-order valence-electron chi connectivity index (χ3n) is 1.78. The first-order valence-electron chi connectivity index (χ1n) is 3.61. The zero-order valence-electron chi connectivity index (χ0n) is 6.83. The van der Waals surface area contributed by atoms with Crippen LogP contribution in [0.1, 0.15) is 0 Å². The molecule has 0 spiro atoms. The molecule has 0 aliphatic rings. The topological polar surface area (TPSA) is 63.3 Å². The largest absolute Gasteiger partial charge is 1.00 e. The van der Waals surface area contributed by atoms with Crippen molar-refractivity contribution in [1.82, 2.24) is 0 Å². The van der Waals surface area contributed by atoms with E-state index in [9.17, 15) is 0 Å². The number of hydrogen-bond donors (Lipinski definition) is 2. The third kappa shape index (κ3) is 1.65. The Hall–Kier alpha value is -1.48. The highest BCUT2D eigenvalue weighted by Crippen LogP contribution is 2.22. The molecule has 68 valence electrons. The summed E-state index contributed by atoms with van der Waals surface area (Å²) in [4.78, 5) is 0. The number of hydrogen-bond acceptors (Lipinski definition) is 2. The number of fused-ring (bicyclic) bond motifs is 1. The minimum absolute atomic E-state index is 0. The van der Waals surface area contributed by atoms with Gasteiger partial charge in [-0.3, -0.25) is 0 Å². The molecule has 0 aliphatic heterocycles. The highest BCUT2D eigenvalue weighted by Gasteiger charge is 2.04. The van der Waals surface area contributed by atoms with Crippen molar-refractivity contribution < 1.29 is 16.8 Å². The van der Waals surface area contributed by atoms with E-state index in [2.05, 4.69) is 0 Å². The van der Waals surface area contributed by atoms with Crippen LogP contribution in [0.3, 0.4) is 0 Å². The molecular weight excluding hydrogens is 188 g/mol. The van der Waals surface area contributed by atoms with Crippen molar-refractivity contribution in [1.29, 1.82) is 0 Å². The van der Waals surface area contributed by atoms with Gasteiger partial charge in [0, 0.05) is 11.1 Å². The summed E-state index contributed by atoms with van der Waals surface area (Å²) < 4.78 is 5.00. The monoisotopic (exact) mass is 196 g/mol. The molecule has 0 fully saturated rings. The van der Waals surface area contributed by atoms with Crippen LogP contribution >= 0.6 is 0 Å². The van der Waals surface area contributed by atoms with E-state index in [1.165, 1.54) is 6.26 Å². The minimum atomic E-state index is 0. The zero-order chi connectivity index (χ0) is 8.55. The Labute approximate surface area is 81.8 Å². The smallest absolute Gasteiger partial charge is 0.341 e. The summed E-state index contributed by atoms with van der Waals surface area (Å²) in [6, 6.07) is 5.53. The summed E-state index contributed by atoms with van der Waals surface area (Å²) in [5.74, 6) is 0. The van der Waals surface area contributed by atoms with Crippen LogP contribution < -0.4 is 23.9 Å². The third-order valence-corrected chi connectivity index (χ3v) is 1.78. The standard InChI is InChI=1S/C9H9N2O.ClH/c10-7-1-2-8-6(3-7)4-12-5-9(8)11;/h1-5H,10-11H2;1H/q+1;/p-1. The molecule has 0 saturated carbocycles. The van der Waals surface area contributed by atoms with Gasteiger partial charge in [-0.05, 0) is 18.2 Å². The lowest BCUT2D eigenvalue weighted by Gasteiger charge is -1.95. The van der Waals surface area contributed by atoms with Crippen LogP contribution in [-0.2, 0) is 0 Å². The summed E-state index contributed by atoms with van der Waals surface area (Å²) in [7, 11) is 0. The van der Waals surface area contributed by atoms with Gasteiger partial charge in [0.25, 0.3) is 0 Å². The number of benzene rings is 1. The number of nitrogens with two attached hydrogens (primary N) is 2. The molecule has 0 unspecified atom stereocenters. The van der Waals surface area contributed by atoms with Crippen LogP contribution in [0.5, 0.6) is 0 Å². The van der Waals surface area contributed by atoms with E-state index < -0.39 is 0 Å². The van der Waals surface area contributed by atoms with Gasteiger partial charge in [0.2, 0.25) is 0 Å². The van der Waals surface area contributed by atoms with Crippen molar-refractivity contribution in [2.24, 2.45) is 0 Å². The normalized spacial score (nSPS) is 9.54. The molecule has 4 heteroatoms. The van der Waals surface area contributed by atoms with Crippen molar-refractivity contribution in [2.45, 2.75) is 0 Å². The second-order valence-corrected chi connectivity index (χ2v) is 2.67. The van der Waals surface area contributed by atoms with Gasteiger partial charge in [0.1, 0.15) is 5.69 Å². The predicted molar refractivity (Wildman–Crippen MR) is 49.4 cm³/mol. The predicted octanol–water partition coefficient (Wildman–Crippen LogP) is -1.12. The molecule has 2 aromatic rings. The lowest BCUT2D eigenvalue weighted by atomic mass is 10.1. The van der Waals surface area contributed by atoms with Gasteiger partial charge in [-0.2, -0.15) is 0 Å². The van der Waals surface area contributed by atoms with E-state index in [1.807, 2.05) is 18.2 Å². The number of anilines is 2. The van der Waals surface area contributed by atoms with E-state index in [1.54, 1.807) is 6.26 Å². The van der Waals surface area contributed by atoms with Gasteiger partial charge in [-0.25, -0.2) is 4.42 Å². The highest BCUT2D eigenvalue weighted by molar-refractivity contribution is 5.92. The maximum Gasteiger partial charge on any atom is 0.341 e. The summed E-state index contributed by atoms with van der Waals surface area (Å²) in [6.45, 7) is 0. The van der Waals surface area contributed by atoms with Gasteiger partial charge < -0.3 is 23.9 Å². The van der Waals surface area contributed by atoms with Crippen molar-refractivity contribution in [3.05, 3.63) is 30.7 Å². The molecule has 1 heterocycles. The van der Waals surface area contributed by atoms with Crippen LogP contribution in [0.4, 0.5) is 11.4 Å². The van der Waals surface area contributed by atoms with Crippen LogP contribution in [0.2, 0.25) is 0 Å². The van der Waals surface area contributed by atoms with Crippen molar-refractivity contribution in [3.63, 3.8) is 0 Å². The fraction of sp³-hybridized carbons (Fsp3) is 0. The molecular formula is C9H9ClN2O. The van der Waals surface area contributed by atoms with Crippen molar-refractivity contribution in [2.75, 3.05) is 11.5 Å². The first kappa shape index (κ1) is 9.61. The molecule has 13 heavy (non-hydrogen) atoms. The maximum atomic E-state index is 5.67. The van der Waals surface area contributed by atoms with E-state index in [0.717, 1.165) is 10.8 Å². The van der Waals surface area contributed by atoms with E-state index in [-0.39, 0.29) is 12.4 Å². The quantitative estimate of drug-likeness (QED) is 0.415. The zero-order valence-corrected chi connectivity index (χ0v) is 7.58. The van der Waals surface area contributed by atoms with Gasteiger partial charge in [-0.15, -0.1) is 0 Å². The average molecular weight is 197 g/mol. The van der Waals surface area contributed by atoms with Crippen LogP contribution in [-0.4, -0.2) is 0 Å². The van der Waals surface area contributed by atoms with Gasteiger partial charge >= 0.3 is 12.5 Å². The highest BCUT2D eigenvalue weighted by atomic mass is 35.5. The van der Waals surface area contributed by atoms with Crippen LogP contribution in [0, 0.1) is 0 Å². The Balaban J connectivity index is 0.000000845. The van der Waals surface area contributed by atoms with Crippen LogP contribution in [0.15, 0.2) is 35.1 Å². The molecule has 3 nitrogen and oxygen atoms in total. The second-order valence-electron chi connectivity index (χ2n) is 2.67. The summed E-state index contributed by atoms with van der Waals surface area (Å²) >= 11 is 0. The van der Waals surface area contributed by atoms with Crippen LogP contribution in [0.25, 0.3) is 10.8 Å². The molecule has 0 bridgehead atoms. The number of nitrogen functional groups attached to an aromatic ring is 2. The first-order chi connectivity index (χ1) is 5.77. The molecule has 1 aromatic carbocycles. The van der Waals surface area contributed by atoms with Crippen molar-refractivity contribution >= 4 is 22.1 Å². The lowest BCUT2D eigenvalue weighted by Crippen LogP contribution is -3.00. The molecule has 0 aliphatic carbocycles. The molecule has 0 saturated heterocycles. The summed E-state index contributed by atoms with van der Waals surface area (Å²) in [5, 5.41) is 1.89. The van der Waals surface area contributed by atoms with Gasteiger partial charge in [-0.1, -0.05) is 0 Å².